The molecule has 2 heterocycles. The quantitative estimate of drug-likeness (QED) is 0.604. The molecule has 106 valence electrons. The Morgan fingerprint density at radius 3 is 2.60 bits per heavy atom. The summed E-state index contributed by atoms with van der Waals surface area (Å²) in [6, 6.07) is 0. The number of carbonyl (C=O) groups excluding carboxylic acids is 2. The topological polar surface area (TPSA) is 78.4 Å². The lowest BCUT2D eigenvalue weighted by molar-refractivity contribution is -0.119. The van der Waals surface area contributed by atoms with E-state index >= 15 is 0 Å². The Kier molecular flexibility index (Phi) is 4.65. The number of hydrogen-bond donors (Lipinski definition) is 1. The van der Waals surface area contributed by atoms with Crippen LogP contribution in [0.25, 0.3) is 0 Å². The van der Waals surface area contributed by atoms with Crippen LogP contribution in [0.5, 0.6) is 0 Å². The monoisotopic (exact) mass is 275 g/mol. The van der Waals surface area contributed by atoms with E-state index in [9.17, 15) is 9.59 Å². The van der Waals surface area contributed by atoms with Crippen molar-refractivity contribution >= 4 is 18.1 Å². The summed E-state index contributed by atoms with van der Waals surface area (Å²) in [5.74, 6) is 0.450. The minimum absolute atomic E-state index is 0.154. The van der Waals surface area contributed by atoms with E-state index in [-0.39, 0.29) is 5.91 Å². The predicted molar refractivity (Wildman–Crippen MR) is 74.3 cm³/mol. The molecule has 0 aliphatic carbocycles. The van der Waals surface area contributed by atoms with Crippen LogP contribution in [-0.4, -0.2) is 64.8 Å². The maximum absolute atomic E-state index is 12.2. The molecule has 2 rings (SSSR count). The fourth-order valence-electron chi connectivity index (χ4n) is 1.90. The van der Waals surface area contributed by atoms with E-state index in [0.717, 1.165) is 6.41 Å². The van der Waals surface area contributed by atoms with Gasteiger partial charge in [-0.3, -0.25) is 9.59 Å². The zero-order chi connectivity index (χ0) is 14.4. The van der Waals surface area contributed by atoms with Crippen LogP contribution in [0.15, 0.2) is 25.0 Å². The Labute approximate surface area is 117 Å². The van der Waals surface area contributed by atoms with Crippen molar-refractivity contribution in [3.8, 4) is 0 Å². The summed E-state index contributed by atoms with van der Waals surface area (Å²) >= 11 is 0. The summed E-state index contributed by atoms with van der Waals surface area (Å²) in [4.78, 5) is 34.4. The van der Waals surface area contributed by atoms with Crippen molar-refractivity contribution in [3.63, 3.8) is 0 Å². The molecule has 1 aromatic heterocycles. The molecule has 1 fully saturated rings. The molecule has 0 saturated carbocycles. The van der Waals surface area contributed by atoms with Gasteiger partial charge in [0, 0.05) is 32.7 Å². The summed E-state index contributed by atoms with van der Waals surface area (Å²) in [7, 11) is 0. The van der Waals surface area contributed by atoms with Gasteiger partial charge in [-0.2, -0.15) is 0 Å². The second-order valence-corrected chi connectivity index (χ2v) is 4.39. The molecule has 0 bridgehead atoms. The normalized spacial score (nSPS) is 14.8. The molecular formula is C13H17N5O2. The maximum Gasteiger partial charge on any atom is 0.274 e. The Balaban J connectivity index is 1.95. The minimum Gasteiger partial charge on any atom is -0.365 e. The predicted octanol–water partition coefficient (Wildman–Crippen LogP) is -0.0113. The van der Waals surface area contributed by atoms with Gasteiger partial charge in [-0.25, -0.2) is 9.97 Å². The summed E-state index contributed by atoms with van der Waals surface area (Å²) in [5, 5.41) is 2.99. The van der Waals surface area contributed by atoms with Gasteiger partial charge in [0.2, 0.25) is 6.41 Å². The molecule has 7 heteroatoms. The van der Waals surface area contributed by atoms with Crippen molar-refractivity contribution in [1.82, 2.24) is 19.8 Å². The van der Waals surface area contributed by atoms with Crippen LogP contribution in [0.4, 0.5) is 5.82 Å². The highest BCUT2D eigenvalue weighted by molar-refractivity contribution is 5.92. The van der Waals surface area contributed by atoms with E-state index in [1.165, 1.54) is 12.4 Å². The van der Waals surface area contributed by atoms with Crippen molar-refractivity contribution in [3.05, 3.63) is 30.7 Å². The Morgan fingerprint density at radius 1 is 1.30 bits per heavy atom. The molecule has 0 unspecified atom stereocenters. The molecule has 1 aliphatic heterocycles. The first-order valence-corrected chi connectivity index (χ1v) is 6.40. The third-order valence-electron chi connectivity index (χ3n) is 3.05. The molecule has 0 aromatic carbocycles. The van der Waals surface area contributed by atoms with E-state index in [4.69, 9.17) is 0 Å². The van der Waals surface area contributed by atoms with Gasteiger partial charge in [0.1, 0.15) is 11.5 Å². The summed E-state index contributed by atoms with van der Waals surface area (Å²) in [6.45, 7) is 6.35. The van der Waals surface area contributed by atoms with Crippen LogP contribution in [0, 0.1) is 0 Å². The van der Waals surface area contributed by atoms with Gasteiger partial charge in [0.15, 0.2) is 0 Å². The standard InChI is InChI=1S/C13H17N5O2/c1-2-3-14-12-9-15-11(8-16-12)13(20)18-6-4-17(10-19)5-7-18/h2,8-10H,1,3-7H2,(H,14,16). The summed E-state index contributed by atoms with van der Waals surface area (Å²) in [5.41, 5.74) is 0.314. The fourth-order valence-corrected chi connectivity index (χ4v) is 1.90. The molecule has 1 saturated heterocycles. The second kappa shape index (κ2) is 6.65. The lowest BCUT2D eigenvalue weighted by Gasteiger charge is -2.32. The summed E-state index contributed by atoms with van der Waals surface area (Å²) in [6.07, 6.45) is 5.51. The number of nitrogens with zero attached hydrogens (tertiary/aromatic N) is 4. The zero-order valence-corrected chi connectivity index (χ0v) is 11.2. The van der Waals surface area contributed by atoms with Gasteiger partial charge < -0.3 is 15.1 Å². The first-order valence-electron chi connectivity index (χ1n) is 6.40. The molecule has 0 radical (unpaired) electrons. The summed E-state index contributed by atoms with van der Waals surface area (Å²) < 4.78 is 0. The number of nitrogens with one attached hydrogen (secondary N) is 1. The highest BCUT2D eigenvalue weighted by Crippen LogP contribution is 2.07. The number of amides is 2. The van der Waals surface area contributed by atoms with Crippen molar-refractivity contribution in [1.29, 1.82) is 0 Å². The van der Waals surface area contributed by atoms with Crippen LogP contribution in [0.2, 0.25) is 0 Å². The molecule has 1 aromatic rings. The Morgan fingerprint density at radius 2 is 2.05 bits per heavy atom. The molecule has 2 amide bonds. The van der Waals surface area contributed by atoms with Crippen molar-refractivity contribution in [2.24, 2.45) is 0 Å². The average molecular weight is 275 g/mol. The zero-order valence-electron chi connectivity index (χ0n) is 11.2. The van der Waals surface area contributed by atoms with E-state index < -0.39 is 0 Å². The second-order valence-electron chi connectivity index (χ2n) is 4.39. The smallest absolute Gasteiger partial charge is 0.274 e. The van der Waals surface area contributed by atoms with Gasteiger partial charge in [0.25, 0.3) is 5.91 Å². The molecule has 7 nitrogen and oxygen atoms in total. The van der Waals surface area contributed by atoms with E-state index in [0.29, 0.717) is 44.2 Å². The minimum atomic E-state index is -0.154. The lowest BCUT2D eigenvalue weighted by atomic mass is 10.3. The van der Waals surface area contributed by atoms with Gasteiger partial charge in [0.05, 0.1) is 12.4 Å². The fraction of sp³-hybridized carbons (Fsp3) is 0.385. The van der Waals surface area contributed by atoms with Crippen molar-refractivity contribution in [2.45, 2.75) is 0 Å². The molecule has 1 N–H and O–H groups in total. The van der Waals surface area contributed by atoms with Crippen LogP contribution in [0.1, 0.15) is 10.5 Å². The van der Waals surface area contributed by atoms with Crippen molar-refractivity contribution < 1.29 is 9.59 Å². The number of piperazine rings is 1. The lowest BCUT2D eigenvalue weighted by Crippen LogP contribution is -2.48. The number of aromatic nitrogens is 2. The van der Waals surface area contributed by atoms with E-state index in [1.54, 1.807) is 15.9 Å². The number of carbonyl (C=O) groups is 2. The average Bonchev–Trinajstić information content (AvgIpc) is 2.53. The maximum atomic E-state index is 12.2. The molecule has 20 heavy (non-hydrogen) atoms. The van der Waals surface area contributed by atoms with E-state index in [2.05, 4.69) is 21.9 Å². The highest BCUT2D eigenvalue weighted by atomic mass is 16.2. The Hall–Kier alpha value is -2.44. The SMILES string of the molecule is C=CCNc1cnc(C(=O)N2CCN(C=O)CC2)cn1. The van der Waals surface area contributed by atoms with Gasteiger partial charge in [-0.15, -0.1) is 6.58 Å². The largest absolute Gasteiger partial charge is 0.365 e. The van der Waals surface area contributed by atoms with Gasteiger partial charge in [-0.1, -0.05) is 6.08 Å². The van der Waals surface area contributed by atoms with Crippen LogP contribution in [0.3, 0.4) is 0 Å². The molecule has 0 spiro atoms. The van der Waals surface area contributed by atoms with Crippen LogP contribution in [-0.2, 0) is 4.79 Å². The van der Waals surface area contributed by atoms with Crippen molar-refractivity contribution in [2.75, 3.05) is 38.0 Å². The first-order chi connectivity index (χ1) is 9.74. The van der Waals surface area contributed by atoms with Crippen LogP contribution < -0.4 is 5.32 Å². The van der Waals surface area contributed by atoms with Gasteiger partial charge in [-0.05, 0) is 0 Å². The number of rotatable bonds is 5. The number of hydrogen-bond acceptors (Lipinski definition) is 5. The van der Waals surface area contributed by atoms with E-state index in [1.807, 2.05) is 0 Å². The third-order valence-corrected chi connectivity index (χ3v) is 3.05. The first kappa shape index (κ1) is 14.0. The highest BCUT2D eigenvalue weighted by Gasteiger charge is 2.22. The number of anilines is 1. The molecular weight excluding hydrogens is 258 g/mol. The van der Waals surface area contributed by atoms with Crippen LogP contribution >= 0.6 is 0 Å². The third kappa shape index (κ3) is 3.31. The molecule has 1 aliphatic rings. The molecule has 0 atom stereocenters. The van der Waals surface area contributed by atoms with Gasteiger partial charge >= 0.3 is 0 Å². The Bertz CT molecular complexity index is 480.